The number of anilines is 1. The Morgan fingerprint density at radius 3 is 2.30 bits per heavy atom. The van der Waals surface area contributed by atoms with E-state index in [1.54, 1.807) is 57.2 Å². The van der Waals surface area contributed by atoms with E-state index in [2.05, 4.69) is 20.6 Å². The maximum Gasteiger partial charge on any atom is 0.411 e. The highest BCUT2D eigenvalue weighted by molar-refractivity contribution is 6.32. The topological polar surface area (TPSA) is 163 Å². The van der Waals surface area contributed by atoms with Crippen molar-refractivity contribution >= 4 is 47.1 Å². The number of hydrogen-bond acceptors (Lipinski definition) is 8. The van der Waals surface area contributed by atoms with E-state index in [1.807, 2.05) is 30.3 Å². The maximum absolute atomic E-state index is 14.5. The minimum Gasteiger partial charge on any atom is -0.453 e. The van der Waals surface area contributed by atoms with Gasteiger partial charge in [-0.25, -0.2) is 23.4 Å². The summed E-state index contributed by atoms with van der Waals surface area (Å²) in [4.78, 5) is 74.9. The number of benzene rings is 3. The van der Waals surface area contributed by atoms with Crippen LogP contribution in [-0.2, 0) is 31.9 Å². The number of amides is 4. The lowest BCUT2D eigenvalue weighted by Gasteiger charge is -2.27. The van der Waals surface area contributed by atoms with E-state index in [-0.39, 0.29) is 29.7 Å². The van der Waals surface area contributed by atoms with Crippen molar-refractivity contribution in [3.05, 3.63) is 94.4 Å². The van der Waals surface area contributed by atoms with Crippen LogP contribution in [-0.4, -0.2) is 88.5 Å². The molecule has 13 nitrogen and oxygen atoms in total. The minimum absolute atomic E-state index is 0.0621. The molecular weight excluding hydrogens is 762 g/mol. The molecule has 298 valence electrons. The molecule has 3 atom stereocenters. The third-order valence-corrected chi connectivity index (χ3v) is 10.5. The fourth-order valence-corrected chi connectivity index (χ4v) is 7.78. The molecule has 3 aromatic carbocycles. The Kier molecular flexibility index (Phi) is 10.5. The molecule has 0 bridgehead atoms. The number of rotatable bonds is 8. The van der Waals surface area contributed by atoms with Crippen molar-refractivity contribution in [2.24, 2.45) is 0 Å². The molecule has 3 aliphatic rings. The van der Waals surface area contributed by atoms with E-state index in [4.69, 9.17) is 21.1 Å². The van der Waals surface area contributed by atoms with E-state index < -0.39 is 66.6 Å². The van der Waals surface area contributed by atoms with Gasteiger partial charge in [0.05, 0.1) is 37.6 Å². The van der Waals surface area contributed by atoms with Crippen LogP contribution in [0.3, 0.4) is 0 Å². The number of para-hydroxylation sites is 1. The molecule has 0 spiro atoms. The molecule has 0 radical (unpaired) electrons. The van der Waals surface area contributed by atoms with Gasteiger partial charge in [0.25, 0.3) is 5.92 Å². The van der Waals surface area contributed by atoms with Crippen molar-refractivity contribution < 1.29 is 42.2 Å². The van der Waals surface area contributed by atoms with Gasteiger partial charge in [-0.15, -0.1) is 0 Å². The lowest BCUT2D eigenvalue weighted by Crippen LogP contribution is -2.54. The largest absolute Gasteiger partial charge is 0.453 e. The summed E-state index contributed by atoms with van der Waals surface area (Å²) >= 11 is 6.48. The summed E-state index contributed by atoms with van der Waals surface area (Å²) in [6.45, 7) is 3.88. The van der Waals surface area contributed by atoms with Gasteiger partial charge in [0, 0.05) is 24.0 Å². The second-order valence-electron chi connectivity index (χ2n) is 15.3. The molecule has 4 heterocycles. The Labute approximate surface area is 332 Å². The number of aryl methyl sites for hydroxylation is 1. The second kappa shape index (κ2) is 15.3. The Hall–Kier alpha value is -5.83. The number of ketones is 1. The summed E-state index contributed by atoms with van der Waals surface area (Å²) in [6.07, 6.45) is -1.10. The first-order valence-electron chi connectivity index (χ1n) is 18.4. The Bertz CT molecular complexity index is 2240. The summed E-state index contributed by atoms with van der Waals surface area (Å²) in [5, 5.41) is 5.35. The molecule has 3 aliphatic heterocycles. The zero-order chi connectivity index (χ0) is 40.8. The van der Waals surface area contributed by atoms with Crippen LogP contribution in [0.15, 0.2) is 66.7 Å². The summed E-state index contributed by atoms with van der Waals surface area (Å²) < 4.78 is 39.1. The van der Waals surface area contributed by atoms with Crippen LogP contribution < -0.4 is 15.5 Å². The number of nitrogens with zero attached hydrogens (tertiary/aromatic N) is 3. The third-order valence-electron chi connectivity index (χ3n) is 10.2. The predicted octanol–water partition coefficient (Wildman–Crippen LogP) is 6.64. The van der Waals surface area contributed by atoms with Gasteiger partial charge in [-0.3, -0.25) is 24.2 Å². The number of methoxy groups -OCH3 is 1. The normalized spacial score (nSPS) is 19.8. The number of hydrogen-bond donors (Lipinski definition) is 3. The summed E-state index contributed by atoms with van der Waals surface area (Å²) in [5.74, 6) is -4.24. The van der Waals surface area contributed by atoms with Crippen molar-refractivity contribution in [2.75, 3.05) is 25.1 Å². The Balaban J connectivity index is 0.992. The van der Waals surface area contributed by atoms with E-state index >= 15 is 0 Å². The van der Waals surface area contributed by atoms with Gasteiger partial charge < -0.3 is 25.1 Å². The highest BCUT2D eigenvalue weighted by Gasteiger charge is 2.50. The zero-order valence-corrected chi connectivity index (χ0v) is 32.4. The number of alkyl carbamates (subject to hydrolysis) is 1. The fraction of sp³-hybridized carbons (Fsp3) is 0.366. The fourth-order valence-electron chi connectivity index (χ4n) is 7.53. The number of carbonyl (C=O) groups excluding carboxylic acids is 5. The molecule has 1 fully saturated rings. The van der Waals surface area contributed by atoms with Gasteiger partial charge in [-0.1, -0.05) is 78.3 Å². The van der Waals surface area contributed by atoms with Gasteiger partial charge in [-0.2, -0.15) is 0 Å². The number of H-pyrrole nitrogens is 1. The van der Waals surface area contributed by atoms with Crippen molar-refractivity contribution in [1.82, 2.24) is 25.5 Å². The monoisotopic (exact) mass is 802 g/mol. The van der Waals surface area contributed by atoms with Gasteiger partial charge >= 0.3 is 12.2 Å². The molecule has 3 N–H and O–H groups in total. The first-order chi connectivity index (χ1) is 27.0. The molecule has 0 saturated carbocycles. The predicted molar refractivity (Wildman–Crippen MR) is 206 cm³/mol. The van der Waals surface area contributed by atoms with Gasteiger partial charge in [-0.05, 0) is 55.9 Å². The Morgan fingerprint density at radius 1 is 0.982 bits per heavy atom. The maximum atomic E-state index is 14.5. The van der Waals surface area contributed by atoms with E-state index in [1.165, 1.54) is 12.0 Å². The van der Waals surface area contributed by atoms with Crippen molar-refractivity contribution in [1.29, 1.82) is 0 Å². The van der Waals surface area contributed by atoms with E-state index in [9.17, 15) is 32.8 Å². The quantitative estimate of drug-likeness (QED) is 0.167. The summed E-state index contributed by atoms with van der Waals surface area (Å²) in [5.41, 5.74) is 4.57. The van der Waals surface area contributed by atoms with Crippen LogP contribution in [0.25, 0.3) is 22.4 Å². The molecule has 16 heteroatoms. The average Bonchev–Trinajstić information content (AvgIpc) is 3.84. The number of Topliss-reactive ketones (excluding diaryl/α,β-unsaturated/α-hetero) is 1. The lowest BCUT2D eigenvalue weighted by atomic mass is 10.0. The van der Waals surface area contributed by atoms with E-state index in [0.29, 0.717) is 35.3 Å². The summed E-state index contributed by atoms with van der Waals surface area (Å²) in [6, 6.07) is 16.9. The first kappa shape index (κ1) is 39.4. The number of alkyl halides is 2. The number of nitrogens with one attached hydrogen (secondary N) is 3. The number of aromatic nitrogens is 2. The van der Waals surface area contributed by atoms with Gasteiger partial charge in [0.15, 0.2) is 10.9 Å². The average molecular weight is 803 g/mol. The third kappa shape index (κ3) is 8.20. The smallest absolute Gasteiger partial charge is 0.411 e. The van der Waals surface area contributed by atoms with Gasteiger partial charge in [0.2, 0.25) is 11.8 Å². The zero-order valence-electron chi connectivity index (χ0n) is 31.7. The molecule has 57 heavy (non-hydrogen) atoms. The SMILES string of the molecule is COC(=O)N[C@H]1CCc2cccc3c2N(C1=O)[C@H](C(=O)NCC(=O)c1ccc(-c2ccc(-c4[nH]c([C@@H]5CC(F)(F)CN5C(=O)OC(C)(C)C)nc4Cl)cc2)cc1)C3. The molecule has 0 unspecified atom stereocenters. The highest BCUT2D eigenvalue weighted by Crippen LogP contribution is 2.43. The molecule has 4 amide bonds. The molecule has 4 aromatic rings. The van der Waals surface area contributed by atoms with Crippen LogP contribution >= 0.6 is 11.6 Å². The molecule has 0 aliphatic carbocycles. The minimum atomic E-state index is -3.13. The van der Waals surface area contributed by atoms with E-state index in [0.717, 1.165) is 27.2 Å². The number of carbonyl (C=O) groups is 5. The number of imidazole rings is 1. The van der Waals surface area contributed by atoms with Crippen molar-refractivity contribution in [2.45, 2.75) is 76.1 Å². The summed E-state index contributed by atoms with van der Waals surface area (Å²) in [7, 11) is 1.21. The molecule has 1 aromatic heterocycles. The number of halogens is 3. The van der Waals surface area contributed by atoms with Crippen LogP contribution in [0.1, 0.15) is 67.0 Å². The second-order valence-corrected chi connectivity index (χ2v) is 15.7. The molecule has 1 saturated heterocycles. The molecule has 7 rings (SSSR count). The van der Waals surface area contributed by atoms with Crippen LogP contribution in [0.2, 0.25) is 5.15 Å². The van der Waals surface area contributed by atoms with Crippen molar-refractivity contribution in [3.8, 4) is 22.4 Å². The number of likely N-dealkylation sites (tertiary alicyclic amines) is 1. The van der Waals surface area contributed by atoms with Crippen LogP contribution in [0, 0.1) is 0 Å². The standard InChI is InChI=1S/C41H41ClF2N6O7/c1-40(2,3)57-39(55)49-21-41(43,44)19-30(49)35-47-32(34(42)48-35)25-14-10-23(11-15-25)22-8-12-24(13-9-22)31(51)20-45-36(52)29-18-27-7-5-6-26-16-17-28(46-38(54)56-4)37(53)50(29)33(26)27/h5-15,28-30H,16-21H2,1-4H3,(H,45,52)(H,46,54)(H,47,48)/t28-,29-,30-/m0/s1. The Morgan fingerprint density at radius 2 is 1.63 bits per heavy atom. The molecular formula is C41H41ClF2N6O7. The van der Waals surface area contributed by atoms with Crippen LogP contribution in [0.4, 0.5) is 24.1 Å². The number of ether oxygens (including phenoxy) is 2. The first-order valence-corrected chi connectivity index (χ1v) is 18.8. The lowest BCUT2D eigenvalue weighted by molar-refractivity contribution is -0.126. The van der Waals surface area contributed by atoms with Crippen LogP contribution in [0.5, 0.6) is 0 Å². The highest BCUT2D eigenvalue weighted by atomic mass is 35.5. The number of aromatic amines is 1. The van der Waals surface area contributed by atoms with Gasteiger partial charge in [0.1, 0.15) is 23.5 Å². The van der Waals surface area contributed by atoms with Crippen molar-refractivity contribution in [3.63, 3.8) is 0 Å².